The van der Waals surface area contributed by atoms with Gasteiger partial charge in [0, 0.05) is 18.1 Å². The van der Waals surface area contributed by atoms with E-state index in [1.165, 1.54) is 0 Å². The molecule has 1 aromatic heterocycles. The van der Waals surface area contributed by atoms with E-state index in [2.05, 4.69) is 15.9 Å². The normalized spacial score (nSPS) is 15.9. The molecule has 28 heavy (non-hydrogen) atoms. The van der Waals surface area contributed by atoms with Gasteiger partial charge in [-0.2, -0.15) is 0 Å². The van der Waals surface area contributed by atoms with Gasteiger partial charge in [-0.05, 0) is 35.9 Å². The summed E-state index contributed by atoms with van der Waals surface area (Å²) in [7, 11) is 3.16. The van der Waals surface area contributed by atoms with E-state index < -0.39 is 6.04 Å². The summed E-state index contributed by atoms with van der Waals surface area (Å²) in [5, 5.41) is 0.438. The molecule has 0 spiro atoms. The number of ether oxygens (including phenoxy) is 2. The Morgan fingerprint density at radius 3 is 2.54 bits per heavy atom. The molecule has 0 N–H and O–H groups in total. The number of benzene rings is 2. The van der Waals surface area contributed by atoms with Crippen LogP contribution in [0.15, 0.2) is 56.1 Å². The largest absolute Gasteiger partial charge is 0.497 e. The van der Waals surface area contributed by atoms with Gasteiger partial charge < -0.3 is 18.8 Å². The molecule has 0 saturated heterocycles. The first kappa shape index (κ1) is 18.7. The Hall–Kier alpha value is -2.64. The lowest BCUT2D eigenvalue weighted by atomic mass is 9.98. The second-order valence-electron chi connectivity index (χ2n) is 6.48. The molecule has 3 aromatic rings. The van der Waals surface area contributed by atoms with E-state index in [4.69, 9.17) is 13.9 Å². The first-order chi connectivity index (χ1) is 13.5. The molecular weight excluding hydrogens is 426 g/mol. The van der Waals surface area contributed by atoms with Crippen LogP contribution in [0.4, 0.5) is 0 Å². The van der Waals surface area contributed by atoms with Gasteiger partial charge in [0.2, 0.25) is 5.76 Å². The summed E-state index contributed by atoms with van der Waals surface area (Å²) in [6, 6.07) is 12.0. The molecule has 7 heteroatoms. The Bertz CT molecular complexity index is 1110. The molecule has 0 aliphatic carbocycles. The Morgan fingerprint density at radius 1 is 1.11 bits per heavy atom. The van der Waals surface area contributed by atoms with Crippen molar-refractivity contribution in [3.8, 4) is 5.75 Å². The predicted molar refractivity (Wildman–Crippen MR) is 108 cm³/mol. The number of carbonyl (C=O) groups excluding carboxylic acids is 1. The van der Waals surface area contributed by atoms with E-state index >= 15 is 0 Å². The van der Waals surface area contributed by atoms with Gasteiger partial charge in [0.25, 0.3) is 5.91 Å². The molecular formula is C21H18BrNO5. The molecule has 0 saturated carbocycles. The first-order valence-corrected chi connectivity index (χ1v) is 9.54. The number of hydrogen-bond donors (Lipinski definition) is 0. The van der Waals surface area contributed by atoms with Gasteiger partial charge in [-0.25, -0.2) is 0 Å². The summed E-state index contributed by atoms with van der Waals surface area (Å²) in [5.41, 5.74) is 1.36. The van der Waals surface area contributed by atoms with Crippen molar-refractivity contribution in [1.29, 1.82) is 0 Å². The minimum atomic E-state index is -0.539. The van der Waals surface area contributed by atoms with Crippen LogP contribution in [0.5, 0.6) is 5.75 Å². The molecule has 2 aromatic carbocycles. The Kier molecular flexibility index (Phi) is 4.95. The van der Waals surface area contributed by atoms with Crippen LogP contribution in [0.1, 0.15) is 27.7 Å². The number of fused-ring (bicyclic) bond motifs is 2. The van der Waals surface area contributed by atoms with E-state index in [0.717, 1.165) is 10.0 Å². The van der Waals surface area contributed by atoms with Crippen LogP contribution in [0.25, 0.3) is 11.0 Å². The van der Waals surface area contributed by atoms with Gasteiger partial charge in [0.15, 0.2) is 5.43 Å². The molecule has 1 amide bonds. The molecule has 0 bridgehead atoms. The fourth-order valence-corrected chi connectivity index (χ4v) is 3.91. The van der Waals surface area contributed by atoms with E-state index in [9.17, 15) is 9.59 Å². The Morgan fingerprint density at radius 2 is 1.86 bits per heavy atom. The molecule has 0 radical (unpaired) electrons. The van der Waals surface area contributed by atoms with Gasteiger partial charge in [0.1, 0.15) is 11.3 Å². The van der Waals surface area contributed by atoms with Crippen LogP contribution in [0, 0.1) is 0 Å². The first-order valence-electron chi connectivity index (χ1n) is 8.75. The average Bonchev–Trinajstić information content (AvgIpc) is 2.99. The third-order valence-electron chi connectivity index (χ3n) is 4.90. The highest BCUT2D eigenvalue weighted by Crippen LogP contribution is 2.38. The lowest BCUT2D eigenvalue weighted by Gasteiger charge is -2.24. The summed E-state index contributed by atoms with van der Waals surface area (Å²) in [6.45, 7) is 0.696. The third-order valence-corrected chi connectivity index (χ3v) is 5.39. The number of hydrogen-bond acceptors (Lipinski definition) is 5. The summed E-state index contributed by atoms with van der Waals surface area (Å²) in [5.74, 6) is 0.484. The van der Waals surface area contributed by atoms with E-state index in [1.54, 1.807) is 37.3 Å². The fourth-order valence-electron chi connectivity index (χ4n) is 3.55. The summed E-state index contributed by atoms with van der Waals surface area (Å²) in [4.78, 5) is 28.0. The van der Waals surface area contributed by atoms with Crippen molar-refractivity contribution >= 4 is 32.8 Å². The Labute approximate surface area is 169 Å². The maximum absolute atomic E-state index is 13.3. The van der Waals surface area contributed by atoms with Crippen molar-refractivity contribution in [3.63, 3.8) is 0 Å². The fraction of sp³-hybridized carbons (Fsp3) is 0.238. The summed E-state index contributed by atoms with van der Waals surface area (Å²) in [6.07, 6.45) is 0. The average molecular weight is 444 g/mol. The van der Waals surface area contributed by atoms with Gasteiger partial charge in [-0.1, -0.05) is 28.1 Å². The molecule has 1 unspecified atom stereocenters. The van der Waals surface area contributed by atoms with Gasteiger partial charge in [0.05, 0.1) is 30.7 Å². The number of methoxy groups -OCH3 is 2. The van der Waals surface area contributed by atoms with Crippen molar-refractivity contribution < 1.29 is 18.7 Å². The topological polar surface area (TPSA) is 69.0 Å². The van der Waals surface area contributed by atoms with E-state index in [0.29, 0.717) is 35.4 Å². The van der Waals surface area contributed by atoms with Crippen LogP contribution >= 0.6 is 15.9 Å². The number of carbonyl (C=O) groups is 1. The highest BCUT2D eigenvalue weighted by Gasteiger charge is 2.42. The molecule has 4 rings (SSSR count). The standard InChI is InChI=1S/C21H18BrNO5/c1-26-10-9-23-18(12-3-6-14(27-2)7-4-12)17-19(24)15-11-13(22)5-8-16(15)28-20(17)21(23)25/h3-8,11,18H,9-10H2,1-2H3. The van der Waals surface area contributed by atoms with E-state index in [1.807, 2.05) is 24.3 Å². The van der Waals surface area contributed by atoms with Gasteiger partial charge in [-0.15, -0.1) is 0 Å². The highest BCUT2D eigenvalue weighted by atomic mass is 79.9. The van der Waals surface area contributed by atoms with Crippen LogP contribution < -0.4 is 10.2 Å². The number of nitrogens with zero attached hydrogens (tertiary/aromatic N) is 1. The molecule has 1 aliphatic heterocycles. The van der Waals surface area contributed by atoms with Crippen molar-refractivity contribution in [2.75, 3.05) is 27.4 Å². The lowest BCUT2D eigenvalue weighted by Crippen LogP contribution is -2.32. The zero-order valence-corrected chi connectivity index (χ0v) is 17.0. The number of rotatable bonds is 5. The quantitative estimate of drug-likeness (QED) is 0.600. The molecule has 2 heterocycles. The smallest absolute Gasteiger partial charge is 0.290 e. The zero-order chi connectivity index (χ0) is 19.8. The maximum atomic E-state index is 13.3. The van der Waals surface area contributed by atoms with Crippen LogP contribution in [-0.2, 0) is 4.74 Å². The van der Waals surface area contributed by atoms with Crippen molar-refractivity contribution in [3.05, 3.63) is 74.0 Å². The second-order valence-corrected chi connectivity index (χ2v) is 7.40. The van der Waals surface area contributed by atoms with Crippen molar-refractivity contribution in [1.82, 2.24) is 4.90 Å². The molecule has 144 valence electrons. The summed E-state index contributed by atoms with van der Waals surface area (Å²) >= 11 is 3.39. The molecule has 6 nitrogen and oxygen atoms in total. The number of halogens is 1. The monoisotopic (exact) mass is 443 g/mol. The maximum Gasteiger partial charge on any atom is 0.290 e. The molecule has 1 aliphatic rings. The van der Waals surface area contributed by atoms with Gasteiger partial charge in [-0.3, -0.25) is 9.59 Å². The third kappa shape index (κ3) is 3.00. The SMILES string of the molecule is COCCN1C(=O)c2oc3ccc(Br)cc3c(=O)c2C1c1ccc(OC)cc1. The zero-order valence-electron chi connectivity index (χ0n) is 15.4. The summed E-state index contributed by atoms with van der Waals surface area (Å²) < 4.78 is 17.0. The highest BCUT2D eigenvalue weighted by molar-refractivity contribution is 9.10. The predicted octanol–water partition coefficient (Wildman–Crippen LogP) is 3.76. The van der Waals surface area contributed by atoms with Crippen molar-refractivity contribution in [2.24, 2.45) is 0 Å². The Balaban J connectivity index is 1.94. The number of amides is 1. The molecule has 0 fully saturated rings. The second kappa shape index (κ2) is 7.41. The van der Waals surface area contributed by atoms with Crippen molar-refractivity contribution in [2.45, 2.75) is 6.04 Å². The van der Waals surface area contributed by atoms with Crippen LogP contribution in [-0.4, -0.2) is 38.2 Å². The van der Waals surface area contributed by atoms with Crippen LogP contribution in [0.2, 0.25) is 0 Å². The van der Waals surface area contributed by atoms with E-state index in [-0.39, 0.29) is 17.1 Å². The molecule has 1 atom stereocenters. The lowest BCUT2D eigenvalue weighted by molar-refractivity contribution is 0.0663. The minimum absolute atomic E-state index is 0.0942. The minimum Gasteiger partial charge on any atom is -0.497 e. The van der Waals surface area contributed by atoms with Crippen LogP contribution in [0.3, 0.4) is 0 Å². The van der Waals surface area contributed by atoms with Gasteiger partial charge >= 0.3 is 0 Å².